The van der Waals surface area contributed by atoms with Crippen molar-refractivity contribution in [2.45, 2.75) is 6.92 Å². The number of hydrogen-bond acceptors (Lipinski definition) is 5. The molecule has 1 N–H and O–H groups in total. The Morgan fingerprint density at radius 3 is 2.84 bits per heavy atom. The zero-order chi connectivity index (χ0) is 13.4. The van der Waals surface area contributed by atoms with Gasteiger partial charge in [-0.05, 0) is 13.0 Å². The van der Waals surface area contributed by atoms with Crippen molar-refractivity contribution in [1.29, 1.82) is 0 Å². The highest BCUT2D eigenvalue weighted by atomic mass is 16.7. The third-order valence-corrected chi connectivity index (χ3v) is 2.87. The van der Waals surface area contributed by atoms with E-state index in [1.165, 1.54) is 6.20 Å². The molecule has 98 valence electrons. The molecule has 1 aromatic heterocycles. The summed E-state index contributed by atoms with van der Waals surface area (Å²) in [5, 5.41) is 0.370. The Morgan fingerprint density at radius 2 is 2.11 bits per heavy atom. The fraction of sp³-hybridized carbons (Fsp3) is 0.231. The summed E-state index contributed by atoms with van der Waals surface area (Å²) in [5.41, 5.74) is 0.181. The summed E-state index contributed by atoms with van der Waals surface area (Å²) in [4.78, 5) is 26.8. The zero-order valence-electron chi connectivity index (χ0n) is 10.2. The summed E-state index contributed by atoms with van der Waals surface area (Å²) in [6.45, 7) is 2.03. The van der Waals surface area contributed by atoms with E-state index in [-0.39, 0.29) is 24.4 Å². The van der Waals surface area contributed by atoms with E-state index >= 15 is 0 Å². The van der Waals surface area contributed by atoms with Gasteiger partial charge >= 0.3 is 5.97 Å². The fourth-order valence-electron chi connectivity index (χ4n) is 1.97. The molecular formula is C13H11NO5. The van der Waals surface area contributed by atoms with Gasteiger partial charge in [0.1, 0.15) is 5.56 Å². The van der Waals surface area contributed by atoms with Gasteiger partial charge in [-0.15, -0.1) is 0 Å². The predicted octanol–water partition coefficient (Wildman–Crippen LogP) is 1.43. The van der Waals surface area contributed by atoms with Crippen molar-refractivity contribution < 1.29 is 19.0 Å². The molecule has 0 saturated carbocycles. The number of nitrogens with one attached hydrogen (secondary N) is 1. The monoisotopic (exact) mass is 261 g/mol. The smallest absolute Gasteiger partial charge is 0.343 e. The maximum Gasteiger partial charge on any atom is 0.343 e. The Morgan fingerprint density at radius 1 is 1.37 bits per heavy atom. The van der Waals surface area contributed by atoms with Crippen LogP contribution in [0.15, 0.2) is 23.1 Å². The average molecular weight is 261 g/mol. The number of esters is 1. The molecule has 0 atom stereocenters. The van der Waals surface area contributed by atoms with Crippen molar-refractivity contribution in [3.8, 4) is 11.5 Å². The van der Waals surface area contributed by atoms with Crippen LogP contribution < -0.4 is 14.9 Å². The number of aromatic nitrogens is 1. The molecule has 0 radical (unpaired) electrons. The molecule has 0 unspecified atom stereocenters. The lowest BCUT2D eigenvalue weighted by molar-refractivity contribution is 0.0524. The highest BCUT2D eigenvalue weighted by molar-refractivity contribution is 5.94. The van der Waals surface area contributed by atoms with Gasteiger partial charge in [0.2, 0.25) is 12.2 Å². The molecule has 1 aliphatic rings. The number of pyridine rings is 1. The molecule has 0 spiro atoms. The molecule has 19 heavy (non-hydrogen) atoms. The van der Waals surface area contributed by atoms with Crippen molar-refractivity contribution in [2.75, 3.05) is 13.4 Å². The molecule has 1 aromatic carbocycles. The summed E-state index contributed by atoms with van der Waals surface area (Å²) >= 11 is 0. The summed E-state index contributed by atoms with van der Waals surface area (Å²) in [6, 6.07) is 3.24. The molecule has 0 amide bonds. The van der Waals surface area contributed by atoms with Crippen molar-refractivity contribution in [1.82, 2.24) is 4.98 Å². The van der Waals surface area contributed by atoms with Crippen molar-refractivity contribution in [3.05, 3.63) is 34.1 Å². The first-order valence-corrected chi connectivity index (χ1v) is 5.83. The quantitative estimate of drug-likeness (QED) is 0.827. The van der Waals surface area contributed by atoms with E-state index in [1.54, 1.807) is 19.1 Å². The third-order valence-electron chi connectivity index (χ3n) is 2.87. The van der Waals surface area contributed by atoms with Crippen LogP contribution >= 0.6 is 0 Å². The summed E-state index contributed by atoms with van der Waals surface area (Å²) < 4.78 is 15.3. The second kappa shape index (κ2) is 4.31. The molecule has 0 aliphatic carbocycles. The van der Waals surface area contributed by atoms with Crippen LogP contribution in [0.4, 0.5) is 0 Å². The van der Waals surface area contributed by atoms with Crippen LogP contribution in [0, 0.1) is 0 Å². The number of carbonyl (C=O) groups excluding carboxylic acids is 1. The van der Waals surface area contributed by atoms with Gasteiger partial charge in [0.15, 0.2) is 11.5 Å². The lowest BCUT2D eigenvalue weighted by Crippen LogP contribution is -2.18. The summed E-state index contributed by atoms with van der Waals surface area (Å²) in [7, 11) is 0. The maximum absolute atomic E-state index is 12.2. The first-order valence-electron chi connectivity index (χ1n) is 5.83. The number of H-pyrrole nitrogens is 1. The van der Waals surface area contributed by atoms with E-state index in [4.69, 9.17) is 14.2 Å². The van der Waals surface area contributed by atoms with E-state index < -0.39 is 5.97 Å². The van der Waals surface area contributed by atoms with Crippen LogP contribution in [0.2, 0.25) is 0 Å². The minimum atomic E-state index is -0.636. The van der Waals surface area contributed by atoms with Crippen molar-refractivity contribution in [3.63, 3.8) is 0 Å². The zero-order valence-corrected chi connectivity index (χ0v) is 10.2. The van der Waals surface area contributed by atoms with Crippen LogP contribution in [-0.2, 0) is 4.74 Å². The molecule has 2 heterocycles. The normalized spacial score (nSPS) is 12.7. The molecule has 1 aliphatic heterocycles. The van der Waals surface area contributed by atoms with Crippen LogP contribution in [0.1, 0.15) is 17.3 Å². The number of rotatable bonds is 2. The number of carbonyl (C=O) groups is 1. The second-order valence-electron chi connectivity index (χ2n) is 4.00. The van der Waals surface area contributed by atoms with Gasteiger partial charge in [0.25, 0.3) is 0 Å². The third kappa shape index (κ3) is 1.81. The molecule has 0 saturated heterocycles. The molecule has 2 aromatic rings. The maximum atomic E-state index is 12.2. The van der Waals surface area contributed by atoms with E-state index in [2.05, 4.69) is 4.98 Å². The van der Waals surface area contributed by atoms with Crippen molar-refractivity contribution >= 4 is 16.9 Å². The molecular weight excluding hydrogens is 250 g/mol. The van der Waals surface area contributed by atoms with Gasteiger partial charge < -0.3 is 19.2 Å². The molecule has 0 bridgehead atoms. The lowest BCUT2D eigenvalue weighted by atomic mass is 10.1. The largest absolute Gasteiger partial charge is 0.462 e. The first-order chi connectivity index (χ1) is 9.20. The Kier molecular flexibility index (Phi) is 2.63. The molecule has 3 rings (SSSR count). The second-order valence-corrected chi connectivity index (χ2v) is 4.00. The van der Waals surface area contributed by atoms with Crippen LogP contribution in [0.25, 0.3) is 10.9 Å². The first kappa shape index (κ1) is 11.6. The van der Waals surface area contributed by atoms with E-state index in [9.17, 15) is 9.59 Å². The predicted molar refractivity (Wildman–Crippen MR) is 66.6 cm³/mol. The Labute approximate surface area is 107 Å². The van der Waals surface area contributed by atoms with Crippen molar-refractivity contribution in [2.24, 2.45) is 0 Å². The Hall–Kier alpha value is -2.50. The minimum Gasteiger partial charge on any atom is -0.462 e. The van der Waals surface area contributed by atoms with Crippen LogP contribution in [0.3, 0.4) is 0 Å². The van der Waals surface area contributed by atoms with Gasteiger partial charge in [0, 0.05) is 12.3 Å². The Balaban J connectivity index is 2.19. The standard InChI is InChI=1S/C13H11NO5/c1-2-17-13(16)8-5-14-9-4-11-10(18-6-19-11)3-7(9)12(8)15/h3-5H,2,6H2,1H3,(H,14,15). The highest BCUT2D eigenvalue weighted by Crippen LogP contribution is 2.34. The van der Waals surface area contributed by atoms with Crippen LogP contribution in [-0.4, -0.2) is 24.4 Å². The fourth-order valence-corrected chi connectivity index (χ4v) is 1.97. The summed E-state index contributed by atoms with van der Waals surface area (Å²) in [6.07, 6.45) is 1.35. The topological polar surface area (TPSA) is 77.6 Å². The van der Waals surface area contributed by atoms with Gasteiger partial charge in [-0.2, -0.15) is 0 Å². The van der Waals surface area contributed by atoms with Gasteiger partial charge in [-0.25, -0.2) is 4.79 Å². The molecule has 6 heteroatoms. The van der Waals surface area contributed by atoms with Gasteiger partial charge in [-0.1, -0.05) is 0 Å². The van der Waals surface area contributed by atoms with E-state index in [1.807, 2.05) is 0 Å². The number of aromatic amines is 1. The number of benzene rings is 1. The number of fused-ring (bicyclic) bond motifs is 2. The molecule has 6 nitrogen and oxygen atoms in total. The van der Waals surface area contributed by atoms with E-state index in [0.29, 0.717) is 22.4 Å². The van der Waals surface area contributed by atoms with Crippen LogP contribution in [0.5, 0.6) is 11.5 Å². The summed E-state index contributed by atoms with van der Waals surface area (Å²) in [5.74, 6) is 0.439. The highest BCUT2D eigenvalue weighted by Gasteiger charge is 2.19. The van der Waals surface area contributed by atoms with E-state index in [0.717, 1.165) is 0 Å². The SMILES string of the molecule is CCOC(=O)c1c[nH]c2cc3c(cc2c1=O)OCO3. The van der Waals surface area contributed by atoms with Gasteiger partial charge in [0.05, 0.1) is 17.5 Å². The Bertz CT molecular complexity index is 719. The number of ether oxygens (including phenoxy) is 3. The number of hydrogen-bond donors (Lipinski definition) is 1. The average Bonchev–Trinajstić information content (AvgIpc) is 2.84. The lowest BCUT2D eigenvalue weighted by Gasteiger charge is -2.04. The van der Waals surface area contributed by atoms with Gasteiger partial charge in [-0.3, -0.25) is 4.79 Å². The molecule has 0 fully saturated rings. The minimum absolute atomic E-state index is 0.0202.